The Morgan fingerprint density at radius 3 is 1.62 bits per heavy atom. The first-order valence-corrected chi connectivity index (χ1v) is 14.7. The van der Waals surface area contributed by atoms with Crippen LogP contribution in [0.15, 0.2) is 48.5 Å². The predicted octanol–water partition coefficient (Wildman–Crippen LogP) is 9.13. The first-order chi connectivity index (χ1) is 17.6. The van der Waals surface area contributed by atoms with Crippen molar-refractivity contribution in [3.05, 3.63) is 59.7 Å². The molecule has 2 aromatic rings. The fourth-order valence-corrected chi connectivity index (χ4v) is 6.79. The Labute approximate surface area is 225 Å². The molecule has 202 valence electrons. The van der Waals surface area contributed by atoms with E-state index in [0.717, 1.165) is 48.0 Å². The summed E-state index contributed by atoms with van der Waals surface area (Å²) in [5.74, 6) is 5.11. The Morgan fingerprint density at radius 1 is 0.703 bits per heavy atom. The van der Waals surface area contributed by atoms with Gasteiger partial charge in [-0.05, 0) is 143 Å². The van der Waals surface area contributed by atoms with E-state index in [0.29, 0.717) is 16.5 Å². The van der Waals surface area contributed by atoms with E-state index in [1.54, 1.807) is 0 Å². The lowest BCUT2D eigenvalue weighted by molar-refractivity contribution is 0.0190. The molecule has 0 N–H and O–H groups in total. The lowest BCUT2D eigenvalue weighted by atomic mass is 9.59. The maximum atomic E-state index is 12.9. The van der Waals surface area contributed by atoms with Gasteiger partial charge in [0.25, 0.3) is 0 Å². The lowest BCUT2D eigenvalue weighted by Gasteiger charge is -2.47. The number of hydrogen-bond donors (Lipinski definition) is 0. The fraction of sp³-hybridized carbons (Fsp3) is 0.618. The summed E-state index contributed by atoms with van der Waals surface area (Å²) in [7, 11) is 0. The molecule has 0 heterocycles. The molecule has 3 heteroatoms. The van der Waals surface area contributed by atoms with Crippen LogP contribution in [0.2, 0.25) is 0 Å². The first-order valence-electron chi connectivity index (χ1n) is 14.7. The summed E-state index contributed by atoms with van der Waals surface area (Å²) < 4.78 is 12.0. The SMILES string of the molecule is CC(C)Oc1ccc(C(=O)c2ccc(OC3CCC(C(C)(C)C4CCC(C(C)C)CC4)CC3)cc2)cc1. The lowest BCUT2D eigenvalue weighted by Crippen LogP contribution is -2.39. The van der Waals surface area contributed by atoms with Gasteiger partial charge in [-0.25, -0.2) is 0 Å². The molecule has 2 saturated carbocycles. The van der Waals surface area contributed by atoms with E-state index < -0.39 is 0 Å². The Morgan fingerprint density at radius 2 is 1.16 bits per heavy atom. The molecular weight excluding hydrogens is 456 g/mol. The van der Waals surface area contributed by atoms with Crippen molar-refractivity contribution in [1.82, 2.24) is 0 Å². The Bertz CT molecular complexity index is 986. The molecule has 3 nitrogen and oxygen atoms in total. The number of benzene rings is 2. The summed E-state index contributed by atoms with van der Waals surface area (Å²) in [5, 5.41) is 0. The van der Waals surface area contributed by atoms with Crippen LogP contribution in [-0.2, 0) is 0 Å². The van der Waals surface area contributed by atoms with Crippen molar-refractivity contribution in [1.29, 1.82) is 0 Å². The zero-order chi connectivity index (χ0) is 26.6. The van der Waals surface area contributed by atoms with Crippen LogP contribution >= 0.6 is 0 Å². The Balaban J connectivity index is 1.26. The molecule has 2 aliphatic rings. The maximum absolute atomic E-state index is 12.9. The van der Waals surface area contributed by atoms with E-state index >= 15 is 0 Å². The first kappa shape index (κ1) is 27.7. The fourth-order valence-electron chi connectivity index (χ4n) is 6.79. The minimum absolute atomic E-state index is 0.0211. The highest BCUT2D eigenvalue weighted by Gasteiger charge is 2.41. The molecule has 2 fully saturated rings. The van der Waals surface area contributed by atoms with Gasteiger partial charge in [-0.2, -0.15) is 0 Å². The van der Waals surface area contributed by atoms with Crippen LogP contribution in [0.1, 0.15) is 109 Å². The summed E-state index contributed by atoms with van der Waals surface area (Å²) in [4.78, 5) is 12.9. The second-order valence-corrected chi connectivity index (χ2v) is 12.8. The van der Waals surface area contributed by atoms with E-state index in [9.17, 15) is 4.79 Å². The standard InChI is InChI=1S/C34H48O3/c1-23(2)25-7-13-28(14-8-25)34(5,6)29-15-21-32(22-16-29)37-31-19-11-27(12-20-31)33(35)26-9-17-30(18-10-26)36-24(3)4/h9-12,17-20,23-25,28-29,32H,7-8,13-16,21-22H2,1-6H3. The minimum atomic E-state index is 0.0211. The molecule has 37 heavy (non-hydrogen) atoms. The molecule has 0 unspecified atom stereocenters. The summed E-state index contributed by atoms with van der Waals surface area (Å²) >= 11 is 0. The van der Waals surface area contributed by atoms with Crippen LogP contribution in [0.4, 0.5) is 0 Å². The molecule has 0 amide bonds. The van der Waals surface area contributed by atoms with E-state index in [4.69, 9.17) is 9.47 Å². The molecule has 0 radical (unpaired) electrons. The summed E-state index contributed by atoms with van der Waals surface area (Å²) in [6.45, 7) is 13.9. The number of carbonyl (C=O) groups is 1. The molecule has 0 aliphatic heterocycles. The van der Waals surface area contributed by atoms with Crippen LogP contribution < -0.4 is 9.47 Å². The second-order valence-electron chi connectivity index (χ2n) is 12.8. The zero-order valence-corrected chi connectivity index (χ0v) is 24.0. The van der Waals surface area contributed by atoms with Crippen LogP contribution in [0.25, 0.3) is 0 Å². The van der Waals surface area contributed by atoms with Crippen molar-refractivity contribution < 1.29 is 14.3 Å². The number of rotatable bonds is 9. The molecule has 2 aliphatic carbocycles. The van der Waals surface area contributed by atoms with Gasteiger partial charge in [0.05, 0.1) is 12.2 Å². The highest BCUT2D eigenvalue weighted by atomic mass is 16.5. The summed E-state index contributed by atoms with van der Waals surface area (Å²) in [6, 6.07) is 15.1. The normalized spacial score (nSPS) is 24.8. The molecule has 0 aromatic heterocycles. The van der Waals surface area contributed by atoms with Gasteiger partial charge < -0.3 is 9.47 Å². The van der Waals surface area contributed by atoms with Crippen LogP contribution in [0, 0.1) is 29.1 Å². The van der Waals surface area contributed by atoms with Crippen molar-refractivity contribution in [3.63, 3.8) is 0 Å². The second kappa shape index (κ2) is 12.0. The third-order valence-electron chi connectivity index (χ3n) is 9.40. The predicted molar refractivity (Wildman–Crippen MR) is 153 cm³/mol. The minimum Gasteiger partial charge on any atom is -0.491 e. The van der Waals surface area contributed by atoms with E-state index in [1.807, 2.05) is 62.4 Å². The largest absolute Gasteiger partial charge is 0.491 e. The Hall–Kier alpha value is -2.29. The van der Waals surface area contributed by atoms with Crippen molar-refractivity contribution in [2.75, 3.05) is 0 Å². The van der Waals surface area contributed by atoms with E-state index in [1.165, 1.54) is 38.5 Å². The molecule has 2 aromatic carbocycles. The van der Waals surface area contributed by atoms with Crippen molar-refractivity contribution >= 4 is 5.78 Å². The molecule has 0 spiro atoms. The third kappa shape index (κ3) is 6.98. The smallest absolute Gasteiger partial charge is 0.193 e. The third-order valence-corrected chi connectivity index (χ3v) is 9.40. The van der Waals surface area contributed by atoms with Crippen LogP contribution in [0.3, 0.4) is 0 Å². The van der Waals surface area contributed by atoms with Gasteiger partial charge in [0, 0.05) is 11.1 Å². The van der Waals surface area contributed by atoms with Gasteiger partial charge in [-0.1, -0.05) is 27.7 Å². The zero-order valence-electron chi connectivity index (χ0n) is 24.0. The van der Waals surface area contributed by atoms with Gasteiger partial charge in [0.15, 0.2) is 5.78 Å². The number of ether oxygens (including phenoxy) is 2. The summed E-state index contributed by atoms with van der Waals surface area (Å²) in [5.41, 5.74) is 1.78. The van der Waals surface area contributed by atoms with Gasteiger partial charge in [-0.3, -0.25) is 4.79 Å². The topological polar surface area (TPSA) is 35.5 Å². The van der Waals surface area contributed by atoms with Gasteiger partial charge >= 0.3 is 0 Å². The number of hydrogen-bond acceptors (Lipinski definition) is 3. The van der Waals surface area contributed by atoms with Crippen molar-refractivity contribution in [2.24, 2.45) is 29.1 Å². The number of carbonyl (C=O) groups excluding carboxylic acids is 1. The van der Waals surface area contributed by atoms with Gasteiger partial charge in [0.2, 0.25) is 0 Å². The highest BCUT2D eigenvalue weighted by molar-refractivity contribution is 6.09. The van der Waals surface area contributed by atoms with Crippen molar-refractivity contribution in [3.8, 4) is 11.5 Å². The van der Waals surface area contributed by atoms with Gasteiger partial charge in [0.1, 0.15) is 11.5 Å². The number of ketones is 1. The van der Waals surface area contributed by atoms with E-state index in [-0.39, 0.29) is 18.0 Å². The average molecular weight is 505 g/mol. The molecule has 4 rings (SSSR count). The molecule has 0 atom stereocenters. The maximum Gasteiger partial charge on any atom is 0.193 e. The average Bonchev–Trinajstić information content (AvgIpc) is 2.89. The van der Waals surface area contributed by atoms with E-state index in [2.05, 4.69) is 27.7 Å². The summed E-state index contributed by atoms with van der Waals surface area (Å²) in [6.07, 6.45) is 10.8. The Kier molecular flexibility index (Phi) is 9.03. The highest BCUT2D eigenvalue weighted by Crippen LogP contribution is 2.50. The van der Waals surface area contributed by atoms with Crippen LogP contribution in [0.5, 0.6) is 11.5 Å². The van der Waals surface area contributed by atoms with Gasteiger partial charge in [-0.15, -0.1) is 0 Å². The molecular formula is C34H48O3. The van der Waals surface area contributed by atoms with Crippen molar-refractivity contribution in [2.45, 2.75) is 105 Å². The monoisotopic (exact) mass is 504 g/mol. The molecule has 0 bridgehead atoms. The molecule has 0 saturated heterocycles. The quantitative estimate of drug-likeness (QED) is 0.319. The van der Waals surface area contributed by atoms with Crippen LogP contribution in [-0.4, -0.2) is 18.0 Å².